The van der Waals surface area contributed by atoms with Crippen LogP contribution in [0.4, 0.5) is 5.69 Å². The van der Waals surface area contributed by atoms with E-state index in [9.17, 15) is 9.59 Å². The molecule has 31 heavy (non-hydrogen) atoms. The molecule has 0 spiro atoms. The molecular weight excluding hydrogens is 434 g/mol. The predicted molar refractivity (Wildman–Crippen MR) is 123 cm³/mol. The molecule has 6 nitrogen and oxygen atoms in total. The average molecular weight is 447 g/mol. The Bertz CT molecular complexity index is 1350. The minimum atomic E-state index is -1.03. The second kappa shape index (κ2) is 7.57. The fourth-order valence-electron chi connectivity index (χ4n) is 3.24. The van der Waals surface area contributed by atoms with Crippen LogP contribution in [0.2, 0.25) is 0 Å². The van der Waals surface area contributed by atoms with Gasteiger partial charge in [0.1, 0.15) is 11.3 Å². The van der Waals surface area contributed by atoms with Crippen LogP contribution in [0.1, 0.15) is 16.1 Å². The van der Waals surface area contributed by atoms with Crippen LogP contribution in [-0.4, -0.2) is 21.3 Å². The number of furan rings is 2. The number of para-hydroxylation sites is 1. The SMILES string of the molecule is O=C(O)c1ccc(N2C(=O)/C(=C\c3ccc(-c4cc5ccccc5o4)o3)SC2=S)cc1. The van der Waals surface area contributed by atoms with Crippen LogP contribution in [0.5, 0.6) is 0 Å². The molecule has 2 aromatic heterocycles. The molecule has 5 rings (SSSR count). The molecule has 0 atom stereocenters. The number of carbonyl (C=O) groups is 2. The van der Waals surface area contributed by atoms with E-state index < -0.39 is 5.97 Å². The van der Waals surface area contributed by atoms with Gasteiger partial charge in [-0.15, -0.1) is 0 Å². The van der Waals surface area contributed by atoms with Crippen molar-refractivity contribution in [1.82, 2.24) is 0 Å². The summed E-state index contributed by atoms with van der Waals surface area (Å²) < 4.78 is 12.0. The highest BCUT2D eigenvalue weighted by molar-refractivity contribution is 8.27. The minimum absolute atomic E-state index is 0.137. The number of thiocarbonyl (C=S) groups is 1. The fraction of sp³-hybridized carbons (Fsp3) is 0. The molecule has 1 aliphatic rings. The summed E-state index contributed by atoms with van der Waals surface area (Å²) in [6.07, 6.45) is 1.64. The summed E-state index contributed by atoms with van der Waals surface area (Å²) in [5.41, 5.74) is 1.42. The summed E-state index contributed by atoms with van der Waals surface area (Å²) in [5.74, 6) is 0.334. The molecule has 1 aliphatic heterocycles. The van der Waals surface area contributed by atoms with E-state index in [2.05, 4.69) is 0 Å². The van der Waals surface area contributed by atoms with Crippen molar-refractivity contribution in [2.45, 2.75) is 0 Å². The second-order valence-electron chi connectivity index (χ2n) is 6.72. The maximum Gasteiger partial charge on any atom is 0.335 e. The van der Waals surface area contributed by atoms with Crippen molar-refractivity contribution >= 4 is 62.9 Å². The molecule has 1 amide bonds. The maximum absolute atomic E-state index is 12.9. The van der Waals surface area contributed by atoms with Gasteiger partial charge in [0.2, 0.25) is 0 Å². The van der Waals surface area contributed by atoms with Crippen LogP contribution in [-0.2, 0) is 4.79 Å². The standard InChI is InChI=1S/C23H13NO5S2/c25-21-20(31-23(30)24(21)15-7-5-13(6-8-15)22(26)27)12-16-9-10-18(28-16)19-11-14-3-1-2-4-17(14)29-19/h1-12H,(H,26,27)/b20-12+. The summed E-state index contributed by atoms with van der Waals surface area (Å²) in [6, 6.07) is 19.1. The van der Waals surface area contributed by atoms with Crippen LogP contribution in [0.15, 0.2) is 80.5 Å². The van der Waals surface area contributed by atoms with Gasteiger partial charge in [-0.25, -0.2) is 4.79 Å². The zero-order valence-electron chi connectivity index (χ0n) is 15.8. The molecular formula is C23H13NO5S2. The molecule has 0 aliphatic carbocycles. The molecule has 8 heteroatoms. The topological polar surface area (TPSA) is 83.9 Å². The molecule has 0 radical (unpaired) electrons. The number of nitrogens with zero attached hydrogens (tertiary/aromatic N) is 1. The van der Waals surface area contributed by atoms with Crippen LogP contribution in [0, 0.1) is 0 Å². The number of benzene rings is 2. The van der Waals surface area contributed by atoms with Gasteiger partial charge >= 0.3 is 5.97 Å². The van der Waals surface area contributed by atoms with Gasteiger partial charge in [0.25, 0.3) is 5.91 Å². The van der Waals surface area contributed by atoms with Gasteiger partial charge in [0.15, 0.2) is 15.8 Å². The van der Waals surface area contributed by atoms with E-state index in [0.29, 0.717) is 32.2 Å². The van der Waals surface area contributed by atoms with Gasteiger partial charge in [-0.05, 0) is 48.5 Å². The second-order valence-corrected chi connectivity index (χ2v) is 8.40. The largest absolute Gasteiger partial charge is 0.478 e. The number of fused-ring (bicyclic) bond motifs is 1. The third-order valence-corrected chi connectivity index (χ3v) is 6.04. The summed E-state index contributed by atoms with van der Waals surface area (Å²) in [6.45, 7) is 0. The van der Waals surface area contributed by atoms with Crippen molar-refractivity contribution < 1.29 is 23.5 Å². The summed E-state index contributed by atoms with van der Waals surface area (Å²) >= 11 is 6.52. The van der Waals surface area contributed by atoms with E-state index in [-0.39, 0.29) is 11.5 Å². The molecule has 4 aromatic rings. The summed E-state index contributed by atoms with van der Waals surface area (Å²) in [4.78, 5) is 25.7. The van der Waals surface area contributed by atoms with E-state index in [0.717, 1.165) is 22.7 Å². The van der Waals surface area contributed by atoms with E-state index in [1.165, 1.54) is 17.0 Å². The molecule has 0 unspecified atom stereocenters. The van der Waals surface area contributed by atoms with E-state index in [1.54, 1.807) is 30.3 Å². The van der Waals surface area contributed by atoms with E-state index >= 15 is 0 Å². The first-order valence-corrected chi connectivity index (χ1v) is 10.4. The van der Waals surface area contributed by atoms with Crippen molar-refractivity contribution in [3.8, 4) is 11.5 Å². The molecule has 0 bridgehead atoms. The lowest BCUT2D eigenvalue weighted by Crippen LogP contribution is -2.27. The van der Waals surface area contributed by atoms with Crippen molar-refractivity contribution in [3.63, 3.8) is 0 Å². The maximum atomic E-state index is 12.9. The Kier molecular flexibility index (Phi) is 4.72. The van der Waals surface area contributed by atoms with Crippen molar-refractivity contribution in [2.75, 3.05) is 4.90 Å². The van der Waals surface area contributed by atoms with E-state index in [1.807, 2.05) is 30.3 Å². The molecule has 1 N–H and O–H groups in total. The molecule has 1 fully saturated rings. The molecule has 152 valence electrons. The Labute approximate surface area is 185 Å². The molecule has 3 heterocycles. The first-order chi connectivity index (χ1) is 15.0. The molecule has 2 aromatic carbocycles. The number of aromatic carboxylic acids is 1. The number of thioether (sulfide) groups is 1. The van der Waals surface area contributed by atoms with Crippen LogP contribution in [0.25, 0.3) is 28.6 Å². The zero-order chi connectivity index (χ0) is 21.5. The van der Waals surface area contributed by atoms with Crippen LogP contribution < -0.4 is 4.90 Å². The first kappa shape index (κ1) is 19.3. The number of hydrogen-bond donors (Lipinski definition) is 1. The zero-order valence-corrected chi connectivity index (χ0v) is 17.4. The lowest BCUT2D eigenvalue weighted by Gasteiger charge is -2.14. The van der Waals surface area contributed by atoms with E-state index in [4.69, 9.17) is 26.2 Å². The number of amides is 1. The Morgan fingerprint density at radius 3 is 2.52 bits per heavy atom. The van der Waals surface area contributed by atoms with Gasteiger partial charge < -0.3 is 13.9 Å². The molecule has 0 saturated carbocycles. The van der Waals surface area contributed by atoms with Crippen LogP contribution in [0.3, 0.4) is 0 Å². The Hall–Kier alpha value is -3.62. The molecule has 1 saturated heterocycles. The van der Waals surface area contributed by atoms with Gasteiger partial charge in [-0.2, -0.15) is 0 Å². The quantitative estimate of drug-likeness (QED) is 0.313. The van der Waals surface area contributed by atoms with Gasteiger partial charge in [0, 0.05) is 11.5 Å². The number of carboxylic acids is 1. The minimum Gasteiger partial charge on any atom is -0.478 e. The highest BCUT2D eigenvalue weighted by Crippen LogP contribution is 2.37. The smallest absolute Gasteiger partial charge is 0.335 e. The Morgan fingerprint density at radius 2 is 1.77 bits per heavy atom. The fourth-order valence-corrected chi connectivity index (χ4v) is 4.52. The van der Waals surface area contributed by atoms with Crippen molar-refractivity contribution in [2.24, 2.45) is 0 Å². The van der Waals surface area contributed by atoms with Gasteiger partial charge in [0.05, 0.1) is 16.2 Å². The number of anilines is 1. The third-order valence-electron chi connectivity index (χ3n) is 4.73. The summed E-state index contributed by atoms with van der Waals surface area (Å²) in [7, 11) is 0. The first-order valence-electron chi connectivity index (χ1n) is 9.20. The third kappa shape index (κ3) is 3.56. The Balaban J connectivity index is 1.40. The lowest BCUT2D eigenvalue weighted by atomic mass is 10.2. The number of carbonyl (C=O) groups excluding carboxylic acids is 1. The normalized spacial score (nSPS) is 15.4. The van der Waals surface area contributed by atoms with Gasteiger partial charge in [-0.3, -0.25) is 9.69 Å². The van der Waals surface area contributed by atoms with Crippen molar-refractivity contribution in [1.29, 1.82) is 0 Å². The monoisotopic (exact) mass is 447 g/mol. The predicted octanol–water partition coefficient (Wildman–Crippen LogP) is 5.80. The number of rotatable bonds is 4. The number of carboxylic acid groups (broad SMARTS) is 1. The summed E-state index contributed by atoms with van der Waals surface area (Å²) in [5, 5.41) is 10.0. The Morgan fingerprint density at radius 1 is 1.00 bits per heavy atom. The number of hydrogen-bond acceptors (Lipinski definition) is 6. The van der Waals surface area contributed by atoms with Gasteiger partial charge in [-0.1, -0.05) is 42.2 Å². The van der Waals surface area contributed by atoms with Crippen LogP contribution >= 0.6 is 24.0 Å². The average Bonchev–Trinajstić information content (AvgIpc) is 3.46. The highest BCUT2D eigenvalue weighted by atomic mass is 32.2. The van der Waals surface area contributed by atoms with Crippen molar-refractivity contribution in [3.05, 3.63) is 83.0 Å². The highest BCUT2D eigenvalue weighted by Gasteiger charge is 2.33. The lowest BCUT2D eigenvalue weighted by molar-refractivity contribution is -0.113.